The second-order valence-corrected chi connectivity index (χ2v) is 8.02. The molecule has 1 unspecified atom stereocenters. The van der Waals surface area contributed by atoms with Crippen LogP contribution in [0.15, 0.2) is 41.4 Å². The van der Waals surface area contributed by atoms with Gasteiger partial charge in [-0.25, -0.2) is 8.78 Å². The van der Waals surface area contributed by atoms with Gasteiger partial charge < -0.3 is 26.0 Å². The van der Waals surface area contributed by atoms with Crippen LogP contribution in [0, 0.1) is 11.6 Å². The van der Waals surface area contributed by atoms with E-state index in [9.17, 15) is 23.2 Å². The standard InChI is InChI=1S/C23H23F2N5O4/c24-15-7-14(8-16(25)9-15)18(11-22(33)34)29-20(31)12-21(32)30-6-3-13-1-2-17(10-19(13)30)28-23-26-4-5-27-23/h1-2,7-10,18H,3-6,11-12H2,(H,29,31)(H,33,34)(H2,26,27,28). The first-order valence-corrected chi connectivity index (χ1v) is 10.7. The Hall–Kier alpha value is -4.02. The Morgan fingerprint density at radius 3 is 2.59 bits per heavy atom. The van der Waals surface area contributed by atoms with Crippen LogP contribution in [0.3, 0.4) is 0 Å². The zero-order valence-corrected chi connectivity index (χ0v) is 18.1. The van der Waals surface area contributed by atoms with Crippen molar-refractivity contribution in [2.24, 2.45) is 4.99 Å². The van der Waals surface area contributed by atoms with Crippen molar-refractivity contribution in [1.29, 1.82) is 0 Å². The first kappa shape index (κ1) is 23.1. The van der Waals surface area contributed by atoms with Gasteiger partial charge in [0.25, 0.3) is 0 Å². The zero-order chi connectivity index (χ0) is 24.2. The fourth-order valence-electron chi connectivity index (χ4n) is 4.02. The Labute approximate surface area is 193 Å². The number of fused-ring (bicyclic) bond motifs is 1. The lowest BCUT2D eigenvalue weighted by Gasteiger charge is -2.21. The Bertz CT molecular complexity index is 1150. The average Bonchev–Trinajstić information content (AvgIpc) is 3.41. The lowest BCUT2D eigenvalue weighted by Crippen LogP contribution is -2.37. The molecule has 34 heavy (non-hydrogen) atoms. The number of halogens is 2. The Kier molecular flexibility index (Phi) is 6.71. The van der Waals surface area contributed by atoms with Gasteiger partial charge in [-0.05, 0) is 41.8 Å². The molecular formula is C23H23F2N5O4. The molecule has 0 aliphatic carbocycles. The van der Waals surface area contributed by atoms with Gasteiger partial charge in [0.2, 0.25) is 11.8 Å². The van der Waals surface area contributed by atoms with Gasteiger partial charge in [-0.15, -0.1) is 0 Å². The second kappa shape index (κ2) is 9.86. The average molecular weight is 471 g/mol. The molecule has 0 saturated heterocycles. The number of benzene rings is 2. The minimum atomic E-state index is -1.27. The van der Waals surface area contributed by atoms with E-state index in [1.807, 2.05) is 18.2 Å². The largest absolute Gasteiger partial charge is 0.481 e. The fourth-order valence-corrected chi connectivity index (χ4v) is 4.02. The summed E-state index contributed by atoms with van der Waals surface area (Å²) >= 11 is 0. The number of carboxylic acids is 1. The van der Waals surface area contributed by atoms with Crippen molar-refractivity contribution >= 4 is 35.1 Å². The number of anilines is 2. The second-order valence-electron chi connectivity index (χ2n) is 8.02. The summed E-state index contributed by atoms with van der Waals surface area (Å²) < 4.78 is 27.2. The monoisotopic (exact) mass is 471 g/mol. The highest BCUT2D eigenvalue weighted by Gasteiger charge is 2.28. The Morgan fingerprint density at radius 1 is 1.15 bits per heavy atom. The highest BCUT2D eigenvalue weighted by Crippen LogP contribution is 2.31. The molecular weight excluding hydrogens is 448 g/mol. The molecule has 9 nitrogen and oxygen atoms in total. The van der Waals surface area contributed by atoms with Crippen LogP contribution in [0.4, 0.5) is 20.2 Å². The van der Waals surface area contributed by atoms with Crippen LogP contribution in [0.2, 0.25) is 0 Å². The number of carbonyl (C=O) groups is 3. The zero-order valence-electron chi connectivity index (χ0n) is 18.1. The van der Waals surface area contributed by atoms with E-state index in [1.165, 1.54) is 4.90 Å². The number of carboxylic acid groups (broad SMARTS) is 1. The molecule has 178 valence electrons. The number of nitrogens with zero attached hydrogens (tertiary/aromatic N) is 2. The molecule has 0 aromatic heterocycles. The van der Waals surface area contributed by atoms with Crippen molar-refractivity contribution in [1.82, 2.24) is 10.6 Å². The summed E-state index contributed by atoms with van der Waals surface area (Å²) in [6.07, 6.45) is -0.506. The van der Waals surface area contributed by atoms with Gasteiger partial charge in [0.1, 0.15) is 18.1 Å². The topological polar surface area (TPSA) is 123 Å². The highest BCUT2D eigenvalue weighted by atomic mass is 19.1. The molecule has 2 heterocycles. The third-order valence-electron chi connectivity index (χ3n) is 5.53. The van der Waals surface area contributed by atoms with Crippen LogP contribution in [-0.2, 0) is 20.8 Å². The van der Waals surface area contributed by atoms with Gasteiger partial charge in [-0.2, -0.15) is 0 Å². The Morgan fingerprint density at radius 2 is 1.91 bits per heavy atom. The molecule has 2 aliphatic heterocycles. The number of hydrogen-bond donors (Lipinski definition) is 4. The summed E-state index contributed by atoms with van der Waals surface area (Å²) in [5.41, 5.74) is 2.34. The summed E-state index contributed by atoms with van der Waals surface area (Å²) in [6, 6.07) is 6.96. The van der Waals surface area contributed by atoms with E-state index >= 15 is 0 Å². The maximum absolute atomic E-state index is 13.6. The maximum atomic E-state index is 13.6. The number of aliphatic imine (C=N–C) groups is 1. The highest BCUT2D eigenvalue weighted by molar-refractivity contribution is 6.06. The third-order valence-corrected chi connectivity index (χ3v) is 5.53. The number of hydrogen-bond acceptors (Lipinski definition) is 6. The predicted octanol–water partition coefficient (Wildman–Crippen LogP) is 1.95. The van der Waals surface area contributed by atoms with Crippen molar-refractivity contribution < 1.29 is 28.3 Å². The number of aliphatic carboxylic acids is 1. The molecule has 0 bridgehead atoms. The molecule has 0 radical (unpaired) electrons. The van der Waals surface area contributed by atoms with E-state index in [0.717, 1.165) is 29.9 Å². The van der Waals surface area contributed by atoms with E-state index in [4.69, 9.17) is 5.11 Å². The van der Waals surface area contributed by atoms with Crippen LogP contribution in [0.25, 0.3) is 0 Å². The van der Waals surface area contributed by atoms with Crippen molar-refractivity contribution in [3.05, 3.63) is 59.2 Å². The van der Waals surface area contributed by atoms with Crippen LogP contribution in [0.5, 0.6) is 0 Å². The molecule has 2 amide bonds. The fraction of sp³-hybridized carbons (Fsp3) is 0.304. The first-order valence-electron chi connectivity index (χ1n) is 10.7. The Balaban J connectivity index is 1.44. The van der Waals surface area contributed by atoms with Crippen LogP contribution >= 0.6 is 0 Å². The molecule has 4 N–H and O–H groups in total. The molecule has 2 aromatic carbocycles. The molecule has 1 atom stereocenters. The minimum Gasteiger partial charge on any atom is -0.481 e. The van der Waals surface area contributed by atoms with Crippen molar-refractivity contribution in [2.45, 2.75) is 25.3 Å². The lowest BCUT2D eigenvalue weighted by molar-refractivity contribution is -0.137. The minimum absolute atomic E-state index is 0.0358. The van der Waals surface area contributed by atoms with Gasteiger partial charge in [0.05, 0.1) is 19.0 Å². The SMILES string of the molecule is O=C(O)CC(NC(=O)CC(=O)N1CCc2ccc(NC3=NCCN3)cc21)c1cc(F)cc(F)c1. The van der Waals surface area contributed by atoms with E-state index in [2.05, 4.69) is 20.9 Å². The summed E-state index contributed by atoms with van der Waals surface area (Å²) in [4.78, 5) is 42.5. The van der Waals surface area contributed by atoms with Crippen molar-refractivity contribution in [3.8, 4) is 0 Å². The van der Waals surface area contributed by atoms with Gasteiger partial charge in [0, 0.05) is 30.5 Å². The van der Waals surface area contributed by atoms with Gasteiger partial charge in [-0.1, -0.05) is 6.07 Å². The molecule has 0 spiro atoms. The normalized spacial score (nSPS) is 15.2. The van der Waals surface area contributed by atoms with Crippen LogP contribution in [0.1, 0.15) is 30.0 Å². The van der Waals surface area contributed by atoms with Crippen molar-refractivity contribution in [2.75, 3.05) is 29.9 Å². The molecule has 11 heteroatoms. The number of rotatable bonds is 7. The predicted molar refractivity (Wildman–Crippen MR) is 121 cm³/mol. The number of nitrogens with one attached hydrogen (secondary N) is 3. The summed E-state index contributed by atoms with van der Waals surface area (Å²) in [5, 5.41) is 17.8. The molecule has 2 aromatic rings. The van der Waals surface area contributed by atoms with Crippen molar-refractivity contribution in [3.63, 3.8) is 0 Å². The summed E-state index contributed by atoms with van der Waals surface area (Å²) in [6.45, 7) is 1.83. The van der Waals surface area contributed by atoms with Crippen LogP contribution < -0.4 is 20.9 Å². The van der Waals surface area contributed by atoms with Gasteiger partial charge >= 0.3 is 5.97 Å². The van der Waals surface area contributed by atoms with Crippen LogP contribution in [-0.4, -0.2) is 48.5 Å². The number of carbonyl (C=O) groups excluding carboxylic acids is 2. The molecule has 2 aliphatic rings. The number of amides is 2. The summed E-state index contributed by atoms with van der Waals surface area (Å²) in [7, 11) is 0. The smallest absolute Gasteiger partial charge is 0.305 e. The molecule has 0 fully saturated rings. The van der Waals surface area contributed by atoms with E-state index in [-0.39, 0.29) is 5.56 Å². The quantitative estimate of drug-likeness (QED) is 0.458. The van der Waals surface area contributed by atoms with Gasteiger partial charge in [0.15, 0.2) is 5.96 Å². The van der Waals surface area contributed by atoms with E-state index < -0.39 is 48.3 Å². The number of guanidine groups is 1. The lowest BCUT2D eigenvalue weighted by atomic mass is 10.0. The van der Waals surface area contributed by atoms with E-state index in [0.29, 0.717) is 37.2 Å². The van der Waals surface area contributed by atoms with Gasteiger partial charge in [-0.3, -0.25) is 19.4 Å². The summed E-state index contributed by atoms with van der Waals surface area (Å²) in [5.74, 6) is -3.62. The molecule has 0 saturated carbocycles. The first-order chi connectivity index (χ1) is 16.3. The molecule has 4 rings (SSSR count). The third kappa shape index (κ3) is 5.48. The maximum Gasteiger partial charge on any atom is 0.305 e. The van der Waals surface area contributed by atoms with E-state index in [1.54, 1.807) is 0 Å².